The van der Waals surface area contributed by atoms with Gasteiger partial charge in [-0.1, -0.05) is 18.2 Å². The van der Waals surface area contributed by atoms with Gasteiger partial charge in [-0.3, -0.25) is 4.79 Å². The lowest BCUT2D eigenvalue weighted by Gasteiger charge is -2.28. The van der Waals surface area contributed by atoms with Crippen molar-refractivity contribution in [3.8, 4) is 0 Å². The van der Waals surface area contributed by atoms with Crippen molar-refractivity contribution >= 4 is 17.5 Å². The van der Waals surface area contributed by atoms with E-state index in [2.05, 4.69) is 5.32 Å². The smallest absolute Gasteiger partial charge is 0.320 e. The highest BCUT2D eigenvalue weighted by Crippen LogP contribution is 2.22. The Morgan fingerprint density at radius 3 is 2.94 bits per heavy atom. The minimum atomic E-state index is -0.125. The number of hydrogen-bond donors (Lipinski definition) is 1. The van der Waals surface area contributed by atoms with Crippen LogP contribution in [0.4, 0.5) is 10.5 Å². The van der Waals surface area contributed by atoms with E-state index in [-0.39, 0.29) is 11.8 Å². The fraction of sp³-hybridized carbons (Fsp3) is 0.333. The second-order valence-electron chi connectivity index (χ2n) is 3.96. The van der Waals surface area contributed by atoms with Gasteiger partial charge in [-0.05, 0) is 18.6 Å². The molecule has 1 heterocycles. The lowest BCUT2D eigenvalue weighted by Crippen LogP contribution is -2.39. The van der Waals surface area contributed by atoms with Gasteiger partial charge in [0.1, 0.15) is 5.78 Å². The molecular weight excluding hydrogens is 204 g/mol. The SMILES string of the molecule is CC(=O)CCN1Cc2ccccc2NC1=O. The molecule has 1 aromatic carbocycles. The molecule has 2 rings (SSSR count). The molecule has 0 spiro atoms. The number of Topliss-reactive ketones (excluding diaryl/α,β-unsaturated/α-hetero) is 1. The third-order valence-electron chi connectivity index (χ3n) is 2.64. The summed E-state index contributed by atoms with van der Waals surface area (Å²) in [6.07, 6.45) is 0.412. The van der Waals surface area contributed by atoms with Crippen molar-refractivity contribution in [3.63, 3.8) is 0 Å². The number of rotatable bonds is 3. The molecule has 0 bridgehead atoms. The Balaban J connectivity index is 2.09. The van der Waals surface area contributed by atoms with Crippen molar-refractivity contribution in [3.05, 3.63) is 29.8 Å². The van der Waals surface area contributed by atoms with Crippen LogP contribution < -0.4 is 5.32 Å². The number of hydrogen-bond acceptors (Lipinski definition) is 2. The number of para-hydroxylation sites is 1. The van der Waals surface area contributed by atoms with Gasteiger partial charge in [0.2, 0.25) is 0 Å². The van der Waals surface area contributed by atoms with Crippen molar-refractivity contribution in [2.75, 3.05) is 11.9 Å². The molecule has 0 saturated carbocycles. The van der Waals surface area contributed by atoms with Crippen molar-refractivity contribution in [2.45, 2.75) is 19.9 Å². The van der Waals surface area contributed by atoms with Crippen LogP contribution in [-0.4, -0.2) is 23.3 Å². The van der Waals surface area contributed by atoms with Gasteiger partial charge in [0, 0.05) is 25.2 Å². The average Bonchev–Trinajstić information content (AvgIpc) is 2.26. The lowest BCUT2D eigenvalue weighted by molar-refractivity contribution is -0.117. The summed E-state index contributed by atoms with van der Waals surface area (Å²) < 4.78 is 0. The third-order valence-corrected chi connectivity index (χ3v) is 2.64. The molecule has 84 valence electrons. The van der Waals surface area contributed by atoms with Crippen LogP contribution in [0.25, 0.3) is 0 Å². The third kappa shape index (κ3) is 2.21. The lowest BCUT2D eigenvalue weighted by atomic mass is 10.1. The number of carbonyl (C=O) groups is 2. The summed E-state index contributed by atoms with van der Waals surface area (Å²) in [5, 5.41) is 2.81. The Morgan fingerprint density at radius 2 is 2.19 bits per heavy atom. The zero-order valence-electron chi connectivity index (χ0n) is 9.19. The van der Waals surface area contributed by atoms with E-state index in [0.29, 0.717) is 19.5 Å². The zero-order valence-corrected chi connectivity index (χ0v) is 9.19. The van der Waals surface area contributed by atoms with Crippen LogP contribution in [0.15, 0.2) is 24.3 Å². The number of urea groups is 1. The highest BCUT2D eigenvalue weighted by Gasteiger charge is 2.21. The molecule has 0 atom stereocenters. The first-order valence-electron chi connectivity index (χ1n) is 5.30. The quantitative estimate of drug-likeness (QED) is 0.843. The van der Waals surface area contributed by atoms with E-state index < -0.39 is 0 Å². The molecule has 0 aliphatic carbocycles. The molecule has 1 aliphatic heterocycles. The molecular formula is C12H14N2O2. The number of nitrogens with zero attached hydrogens (tertiary/aromatic N) is 1. The molecule has 16 heavy (non-hydrogen) atoms. The van der Waals surface area contributed by atoms with Crippen LogP contribution in [0.5, 0.6) is 0 Å². The van der Waals surface area contributed by atoms with E-state index in [1.165, 1.54) is 6.92 Å². The molecule has 0 aromatic heterocycles. The molecule has 4 nitrogen and oxygen atoms in total. The van der Waals surface area contributed by atoms with Gasteiger partial charge in [0.15, 0.2) is 0 Å². The number of fused-ring (bicyclic) bond motifs is 1. The number of carbonyl (C=O) groups excluding carboxylic acids is 2. The molecule has 4 heteroatoms. The highest BCUT2D eigenvalue weighted by atomic mass is 16.2. The van der Waals surface area contributed by atoms with Crippen LogP contribution in [0.3, 0.4) is 0 Å². The van der Waals surface area contributed by atoms with E-state index in [4.69, 9.17) is 0 Å². The molecule has 0 fully saturated rings. The van der Waals surface area contributed by atoms with Gasteiger partial charge < -0.3 is 10.2 Å². The minimum absolute atomic E-state index is 0.103. The number of nitrogens with one attached hydrogen (secondary N) is 1. The molecule has 1 aliphatic rings. The summed E-state index contributed by atoms with van der Waals surface area (Å²) in [6.45, 7) is 2.60. The Bertz CT molecular complexity index is 429. The summed E-state index contributed by atoms with van der Waals surface area (Å²) >= 11 is 0. The Morgan fingerprint density at radius 1 is 1.44 bits per heavy atom. The topological polar surface area (TPSA) is 49.4 Å². The van der Waals surface area contributed by atoms with Gasteiger partial charge in [0.25, 0.3) is 0 Å². The van der Waals surface area contributed by atoms with Gasteiger partial charge >= 0.3 is 6.03 Å². The highest BCUT2D eigenvalue weighted by molar-refractivity contribution is 5.92. The monoisotopic (exact) mass is 218 g/mol. The Hall–Kier alpha value is -1.84. The maximum Gasteiger partial charge on any atom is 0.322 e. The van der Waals surface area contributed by atoms with E-state index in [1.54, 1.807) is 4.90 Å². The predicted octanol–water partition coefficient (Wildman–Crippen LogP) is 2.01. The molecule has 0 saturated heterocycles. The van der Waals surface area contributed by atoms with Crippen LogP contribution >= 0.6 is 0 Å². The van der Waals surface area contributed by atoms with E-state index in [1.807, 2.05) is 24.3 Å². The molecule has 2 amide bonds. The largest absolute Gasteiger partial charge is 0.322 e. The van der Waals surface area contributed by atoms with E-state index in [9.17, 15) is 9.59 Å². The maximum absolute atomic E-state index is 11.7. The number of benzene rings is 1. The second kappa shape index (κ2) is 4.35. The number of ketones is 1. The summed E-state index contributed by atoms with van der Waals surface area (Å²) in [5.74, 6) is 0.103. The van der Waals surface area contributed by atoms with Crippen LogP contribution in [-0.2, 0) is 11.3 Å². The minimum Gasteiger partial charge on any atom is -0.320 e. The first-order valence-corrected chi connectivity index (χ1v) is 5.30. The Labute approximate surface area is 94.2 Å². The van der Waals surface area contributed by atoms with Crippen molar-refractivity contribution in [1.29, 1.82) is 0 Å². The maximum atomic E-state index is 11.7. The Kier molecular flexibility index (Phi) is 2.90. The summed E-state index contributed by atoms with van der Waals surface area (Å²) in [6, 6.07) is 7.58. The molecule has 0 unspecified atom stereocenters. The molecule has 1 aromatic rings. The van der Waals surface area contributed by atoms with E-state index in [0.717, 1.165) is 11.3 Å². The van der Waals surface area contributed by atoms with Crippen LogP contribution in [0.1, 0.15) is 18.9 Å². The first-order chi connectivity index (χ1) is 7.66. The van der Waals surface area contributed by atoms with Gasteiger partial charge in [-0.15, -0.1) is 0 Å². The summed E-state index contributed by atoms with van der Waals surface area (Å²) in [4.78, 5) is 24.2. The van der Waals surface area contributed by atoms with Crippen molar-refractivity contribution in [2.24, 2.45) is 0 Å². The number of amides is 2. The molecule has 1 N–H and O–H groups in total. The normalized spacial score (nSPS) is 14.3. The van der Waals surface area contributed by atoms with Crippen LogP contribution in [0.2, 0.25) is 0 Å². The standard InChI is InChI=1S/C12H14N2O2/c1-9(15)6-7-14-8-10-4-2-3-5-11(10)13-12(14)16/h2-5H,6-8H2,1H3,(H,13,16). The number of anilines is 1. The van der Waals surface area contributed by atoms with E-state index >= 15 is 0 Å². The molecule has 0 radical (unpaired) electrons. The predicted molar refractivity (Wildman–Crippen MR) is 61.2 cm³/mol. The fourth-order valence-corrected chi connectivity index (χ4v) is 1.72. The summed E-state index contributed by atoms with van der Waals surface area (Å²) in [5.41, 5.74) is 1.96. The zero-order chi connectivity index (χ0) is 11.5. The second-order valence-corrected chi connectivity index (χ2v) is 3.96. The fourth-order valence-electron chi connectivity index (χ4n) is 1.72. The van der Waals surface area contributed by atoms with Gasteiger partial charge in [-0.2, -0.15) is 0 Å². The first kappa shape index (κ1) is 10.7. The van der Waals surface area contributed by atoms with Crippen molar-refractivity contribution in [1.82, 2.24) is 4.90 Å². The average molecular weight is 218 g/mol. The summed E-state index contributed by atoms with van der Waals surface area (Å²) in [7, 11) is 0. The van der Waals surface area contributed by atoms with Gasteiger partial charge in [0.05, 0.1) is 0 Å². The van der Waals surface area contributed by atoms with Gasteiger partial charge in [-0.25, -0.2) is 4.79 Å². The van der Waals surface area contributed by atoms with Crippen molar-refractivity contribution < 1.29 is 9.59 Å². The van der Waals surface area contributed by atoms with Crippen LogP contribution in [0, 0.1) is 0 Å².